The summed E-state index contributed by atoms with van der Waals surface area (Å²) in [6.07, 6.45) is 1.75. The Morgan fingerprint density at radius 3 is 2.52 bits per heavy atom. The third-order valence-electron chi connectivity index (χ3n) is 3.99. The van der Waals surface area contributed by atoms with Crippen LogP contribution in [0.4, 0.5) is 0 Å². The highest BCUT2D eigenvalue weighted by Crippen LogP contribution is 2.17. The van der Waals surface area contributed by atoms with Gasteiger partial charge in [0.1, 0.15) is 0 Å². The highest BCUT2D eigenvalue weighted by molar-refractivity contribution is 5.76. The molecule has 0 spiro atoms. The second-order valence-electron chi connectivity index (χ2n) is 5.82. The summed E-state index contributed by atoms with van der Waals surface area (Å²) in [5, 5.41) is 6.89. The van der Waals surface area contributed by atoms with Gasteiger partial charge in [-0.2, -0.15) is 4.98 Å². The van der Waals surface area contributed by atoms with Crippen LogP contribution in [0.15, 0.2) is 59.1 Å². The minimum absolute atomic E-state index is 0.0316. The summed E-state index contributed by atoms with van der Waals surface area (Å²) in [5.74, 6) is 1.00. The highest BCUT2D eigenvalue weighted by Gasteiger charge is 2.10. The summed E-state index contributed by atoms with van der Waals surface area (Å²) in [7, 11) is 0. The molecule has 0 aliphatic carbocycles. The van der Waals surface area contributed by atoms with Crippen molar-refractivity contribution in [2.24, 2.45) is 0 Å². The maximum Gasteiger partial charge on any atom is 0.227 e. The first-order valence-corrected chi connectivity index (χ1v) is 8.47. The molecule has 1 amide bonds. The zero-order valence-electron chi connectivity index (χ0n) is 14.2. The molecule has 3 rings (SSSR count). The minimum Gasteiger partial charge on any atom is -0.352 e. The van der Waals surface area contributed by atoms with Gasteiger partial charge in [-0.05, 0) is 17.5 Å². The van der Waals surface area contributed by atoms with Gasteiger partial charge in [0, 0.05) is 24.9 Å². The average Bonchev–Trinajstić information content (AvgIpc) is 3.14. The summed E-state index contributed by atoms with van der Waals surface area (Å²) in [4.78, 5) is 16.3. The maximum atomic E-state index is 11.9. The smallest absolute Gasteiger partial charge is 0.227 e. The monoisotopic (exact) mass is 335 g/mol. The van der Waals surface area contributed by atoms with E-state index in [-0.39, 0.29) is 5.91 Å². The topological polar surface area (TPSA) is 68.0 Å². The predicted molar refractivity (Wildman–Crippen MR) is 95.7 cm³/mol. The van der Waals surface area contributed by atoms with E-state index in [2.05, 4.69) is 34.5 Å². The molecule has 0 saturated heterocycles. The normalized spacial score (nSPS) is 10.6. The van der Waals surface area contributed by atoms with Crippen LogP contribution in [-0.4, -0.2) is 16.0 Å². The van der Waals surface area contributed by atoms with Gasteiger partial charge in [-0.15, -0.1) is 0 Å². The fourth-order valence-corrected chi connectivity index (χ4v) is 2.47. The Hall–Kier alpha value is -2.95. The van der Waals surface area contributed by atoms with E-state index in [1.807, 2.05) is 42.5 Å². The summed E-state index contributed by atoms with van der Waals surface area (Å²) in [5.41, 5.74) is 3.26. The fourth-order valence-electron chi connectivity index (χ4n) is 2.47. The van der Waals surface area contributed by atoms with Gasteiger partial charge in [0.2, 0.25) is 17.6 Å². The summed E-state index contributed by atoms with van der Waals surface area (Å²) < 4.78 is 5.25. The largest absolute Gasteiger partial charge is 0.352 e. The Balaban J connectivity index is 1.50. The molecule has 1 aromatic heterocycles. The van der Waals surface area contributed by atoms with Crippen LogP contribution in [0.5, 0.6) is 0 Å². The van der Waals surface area contributed by atoms with E-state index in [9.17, 15) is 4.79 Å². The van der Waals surface area contributed by atoms with Crippen molar-refractivity contribution in [2.75, 3.05) is 0 Å². The van der Waals surface area contributed by atoms with Gasteiger partial charge >= 0.3 is 0 Å². The molecule has 25 heavy (non-hydrogen) atoms. The lowest BCUT2D eigenvalue weighted by Crippen LogP contribution is -2.22. The van der Waals surface area contributed by atoms with Crippen molar-refractivity contribution >= 4 is 5.91 Å². The lowest BCUT2D eigenvalue weighted by Gasteiger charge is -2.03. The Bertz CT molecular complexity index is 810. The van der Waals surface area contributed by atoms with E-state index >= 15 is 0 Å². The van der Waals surface area contributed by atoms with Crippen LogP contribution >= 0.6 is 0 Å². The second kappa shape index (κ2) is 8.24. The predicted octanol–water partition coefficient (Wildman–Crippen LogP) is 3.55. The van der Waals surface area contributed by atoms with E-state index in [1.54, 1.807) is 0 Å². The molecule has 2 aromatic carbocycles. The molecule has 0 bridgehead atoms. The van der Waals surface area contributed by atoms with Gasteiger partial charge < -0.3 is 9.84 Å². The first-order chi connectivity index (χ1) is 12.2. The Labute approximate surface area is 147 Å². The van der Waals surface area contributed by atoms with Crippen LogP contribution in [0.25, 0.3) is 11.4 Å². The molecule has 1 heterocycles. The first kappa shape index (κ1) is 16.9. The quantitative estimate of drug-likeness (QED) is 0.717. The molecule has 5 heteroatoms. The molecular formula is C20H21N3O2. The molecule has 0 fully saturated rings. The zero-order chi connectivity index (χ0) is 17.5. The maximum absolute atomic E-state index is 11.9. The van der Waals surface area contributed by atoms with Crippen molar-refractivity contribution in [3.63, 3.8) is 0 Å². The fraction of sp³-hybridized carbons (Fsp3) is 0.250. The zero-order valence-corrected chi connectivity index (χ0v) is 14.2. The number of carbonyl (C=O) groups is 1. The number of hydrogen-bond acceptors (Lipinski definition) is 4. The molecule has 0 radical (unpaired) electrons. The number of aryl methyl sites for hydroxylation is 2. The van der Waals surface area contributed by atoms with Crippen molar-refractivity contribution in [3.05, 3.63) is 71.6 Å². The molecule has 0 unspecified atom stereocenters. The van der Waals surface area contributed by atoms with Gasteiger partial charge in [-0.1, -0.05) is 66.7 Å². The highest BCUT2D eigenvalue weighted by atomic mass is 16.5. The van der Waals surface area contributed by atoms with Crippen LogP contribution < -0.4 is 5.32 Å². The van der Waals surface area contributed by atoms with Crippen LogP contribution in [0, 0.1) is 0 Å². The van der Waals surface area contributed by atoms with Crippen molar-refractivity contribution in [2.45, 2.75) is 32.7 Å². The molecule has 0 atom stereocenters. The van der Waals surface area contributed by atoms with Crippen LogP contribution in [-0.2, 0) is 24.2 Å². The molecule has 128 valence electrons. The van der Waals surface area contributed by atoms with E-state index in [1.165, 1.54) is 5.56 Å². The van der Waals surface area contributed by atoms with Gasteiger partial charge in [0.25, 0.3) is 0 Å². The number of nitrogens with one attached hydrogen (secondary N) is 1. The van der Waals surface area contributed by atoms with Gasteiger partial charge in [-0.3, -0.25) is 4.79 Å². The minimum atomic E-state index is -0.0316. The SMILES string of the molecule is CCc1ccc(-c2noc(CCC(=O)NCc3ccccc3)n2)cc1. The lowest BCUT2D eigenvalue weighted by atomic mass is 10.1. The van der Waals surface area contributed by atoms with Gasteiger partial charge in [0.15, 0.2) is 0 Å². The van der Waals surface area contributed by atoms with Crippen molar-refractivity contribution in [1.29, 1.82) is 0 Å². The Morgan fingerprint density at radius 2 is 1.80 bits per heavy atom. The van der Waals surface area contributed by atoms with E-state index < -0.39 is 0 Å². The van der Waals surface area contributed by atoms with E-state index in [0.29, 0.717) is 31.1 Å². The number of benzene rings is 2. The number of aromatic nitrogens is 2. The average molecular weight is 335 g/mol. The number of carbonyl (C=O) groups excluding carboxylic acids is 1. The molecule has 3 aromatic rings. The van der Waals surface area contributed by atoms with Crippen molar-refractivity contribution < 1.29 is 9.32 Å². The third kappa shape index (κ3) is 4.76. The molecule has 0 aliphatic heterocycles. The van der Waals surface area contributed by atoms with Crippen molar-refractivity contribution in [3.8, 4) is 11.4 Å². The lowest BCUT2D eigenvalue weighted by molar-refractivity contribution is -0.121. The Morgan fingerprint density at radius 1 is 1.04 bits per heavy atom. The molecule has 5 nitrogen and oxygen atoms in total. The van der Waals surface area contributed by atoms with Crippen molar-refractivity contribution in [1.82, 2.24) is 15.5 Å². The van der Waals surface area contributed by atoms with Crippen LogP contribution in [0.2, 0.25) is 0 Å². The number of hydrogen-bond donors (Lipinski definition) is 1. The van der Waals surface area contributed by atoms with Gasteiger partial charge in [0.05, 0.1) is 0 Å². The number of amides is 1. The second-order valence-corrected chi connectivity index (χ2v) is 5.82. The molecule has 0 saturated carbocycles. The molecular weight excluding hydrogens is 314 g/mol. The van der Waals surface area contributed by atoms with E-state index in [4.69, 9.17) is 4.52 Å². The standard InChI is InChI=1S/C20H21N3O2/c1-2-15-8-10-17(11-9-15)20-22-19(25-23-20)13-12-18(24)21-14-16-6-4-3-5-7-16/h3-11H,2,12-14H2,1H3,(H,21,24). The number of rotatable bonds is 7. The third-order valence-corrected chi connectivity index (χ3v) is 3.99. The summed E-state index contributed by atoms with van der Waals surface area (Å²) >= 11 is 0. The van der Waals surface area contributed by atoms with Crippen LogP contribution in [0.1, 0.15) is 30.4 Å². The van der Waals surface area contributed by atoms with Gasteiger partial charge in [-0.25, -0.2) is 0 Å². The molecule has 0 aliphatic rings. The Kier molecular flexibility index (Phi) is 5.57. The summed E-state index contributed by atoms with van der Waals surface area (Å²) in [6.45, 7) is 2.64. The summed E-state index contributed by atoms with van der Waals surface area (Å²) in [6, 6.07) is 17.9. The van der Waals surface area contributed by atoms with E-state index in [0.717, 1.165) is 17.5 Å². The number of nitrogens with zero attached hydrogens (tertiary/aromatic N) is 2. The van der Waals surface area contributed by atoms with Crippen LogP contribution in [0.3, 0.4) is 0 Å². The first-order valence-electron chi connectivity index (χ1n) is 8.47. The molecule has 1 N–H and O–H groups in total.